The third-order valence-corrected chi connectivity index (χ3v) is 3.30. The summed E-state index contributed by atoms with van der Waals surface area (Å²) in [6, 6.07) is -0.831. The van der Waals surface area contributed by atoms with Crippen LogP contribution in [0.5, 0.6) is 0 Å². The number of aromatic nitrogens is 2. The number of carbonyl (C=O) groups excluding carboxylic acids is 3. The van der Waals surface area contributed by atoms with Gasteiger partial charge in [-0.2, -0.15) is 0 Å². The molecule has 0 aliphatic carbocycles. The van der Waals surface area contributed by atoms with Gasteiger partial charge in [-0.15, -0.1) is 10.2 Å². The molecule has 3 amide bonds. The SMILES string of the molecule is CN1C(=O)CC(NC(=O)c2nnc(Cl)s2)C1=O. The Balaban J connectivity index is 2.05. The molecular weight excluding hydrogens is 268 g/mol. The summed E-state index contributed by atoms with van der Waals surface area (Å²) in [6.45, 7) is 0. The van der Waals surface area contributed by atoms with Crippen molar-refractivity contribution >= 4 is 40.7 Å². The van der Waals surface area contributed by atoms with Gasteiger partial charge in [0.25, 0.3) is 11.8 Å². The number of nitrogens with zero attached hydrogens (tertiary/aromatic N) is 3. The highest BCUT2D eigenvalue weighted by Gasteiger charge is 2.37. The lowest BCUT2D eigenvalue weighted by molar-refractivity contribution is -0.137. The Labute approximate surface area is 105 Å². The lowest BCUT2D eigenvalue weighted by Crippen LogP contribution is -2.40. The van der Waals surface area contributed by atoms with Crippen molar-refractivity contribution in [2.45, 2.75) is 12.5 Å². The summed E-state index contributed by atoms with van der Waals surface area (Å²) in [5.41, 5.74) is 0. The number of likely N-dealkylation sites (tertiary alicyclic amines) is 1. The second-order valence-electron chi connectivity index (χ2n) is 3.38. The molecule has 1 atom stereocenters. The lowest BCUT2D eigenvalue weighted by atomic mass is 10.2. The monoisotopic (exact) mass is 274 g/mol. The van der Waals surface area contributed by atoms with Gasteiger partial charge in [-0.3, -0.25) is 19.3 Å². The molecule has 1 aromatic heterocycles. The number of hydrogen-bond acceptors (Lipinski definition) is 6. The molecule has 0 saturated carbocycles. The molecular formula is C8H7ClN4O3S. The highest BCUT2D eigenvalue weighted by molar-refractivity contribution is 7.17. The molecule has 1 fully saturated rings. The summed E-state index contributed by atoms with van der Waals surface area (Å²) in [7, 11) is 1.37. The molecule has 9 heteroatoms. The lowest BCUT2D eigenvalue weighted by Gasteiger charge is -2.09. The maximum Gasteiger partial charge on any atom is 0.282 e. The van der Waals surface area contributed by atoms with E-state index in [-0.39, 0.29) is 21.8 Å². The van der Waals surface area contributed by atoms with Crippen LogP contribution in [-0.4, -0.2) is 45.9 Å². The normalized spacial score (nSPS) is 19.9. The zero-order chi connectivity index (χ0) is 12.6. The van der Waals surface area contributed by atoms with E-state index < -0.39 is 17.9 Å². The summed E-state index contributed by atoms with van der Waals surface area (Å²) in [5.74, 6) is -1.31. The van der Waals surface area contributed by atoms with Crippen LogP contribution in [0.4, 0.5) is 0 Å². The van der Waals surface area contributed by atoms with Crippen molar-refractivity contribution in [2.75, 3.05) is 7.05 Å². The van der Waals surface area contributed by atoms with Gasteiger partial charge in [0.1, 0.15) is 6.04 Å². The Morgan fingerprint density at radius 2 is 2.24 bits per heavy atom. The van der Waals surface area contributed by atoms with E-state index in [9.17, 15) is 14.4 Å². The van der Waals surface area contributed by atoms with Gasteiger partial charge in [-0.05, 0) is 11.6 Å². The average Bonchev–Trinajstić information content (AvgIpc) is 2.80. The van der Waals surface area contributed by atoms with Crippen LogP contribution in [0, 0.1) is 0 Å². The largest absolute Gasteiger partial charge is 0.338 e. The first kappa shape index (κ1) is 11.9. The molecule has 0 bridgehead atoms. The van der Waals surface area contributed by atoms with Crippen molar-refractivity contribution < 1.29 is 14.4 Å². The maximum absolute atomic E-state index is 11.6. The molecule has 1 N–H and O–H groups in total. The fraction of sp³-hybridized carbons (Fsp3) is 0.375. The molecule has 0 aromatic carbocycles. The van der Waals surface area contributed by atoms with Crippen LogP contribution < -0.4 is 5.32 Å². The van der Waals surface area contributed by atoms with E-state index in [1.165, 1.54) is 7.05 Å². The number of amides is 3. The van der Waals surface area contributed by atoms with Crippen LogP contribution in [0.1, 0.15) is 16.2 Å². The quantitative estimate of drug-likeness (QED) is 0.746. The fourth-order valence-corrected chi connectivity index (χ4v) is 2.12. The number of imide groups is 1. The number of rotatable bonds is 2. The maximum atomic E-state index is 11.6. The summed E-state index contributed by atoms with van der Waals surface area (Å²) < 4.78 is 0.140. The summed E-state index contributed by atoms with van der Waals surface area (Å²) in [5, 5.41) is 9.48. The van der Waals surface area contributed by atoms with E-state index >= 15 is 0 Å². The molecule has 0 spiro atoms. The summed E-state index contributed by atoms with van der Waals surface area (Å²) >= 11 is 6.44. The number of halogens is 1. The predicted octanol–water partition coefficient (Wildman–Crippen LogP) is -0.321. The minimum absolute atomic E-state index is 0.0341. The fourth-order valence-electron chi connectivity index (χ4n) is 1.39. The molecule has 2 rings (SSSR count). The van der Waals surface area contributed by atoms with Gasteiger partial charge in [0.15, 0.2) is 0 Å². The topological polar surface area (TPSA) is 92.3 Å². The highest BCUT2D eigenvalue weighted by atomic mass is 35.5. The van der Waals surface area contributed by atoms with Crippen LogP contribution in [0.15, 0.2) is 0 Å². The molecule has 90 valence electrons. The Hall–Kier alpha value is -1.54. The minimum atomic E-state index is -0.831. The van der Waals surface area contributed by atoms with Gasteiger partial charge in [0, 0.05) is 7.05 Å². The van der Waals surface area contributed by atoms with Gasteiger partial charge >= 0.3 is 0 Å². The Morgan fingerprint density at radius 3 is 2.71 bits per heavy atom. The molecule has 1 aromatic rings. The van der Waals surface area contributed by atoms with E-state index in [0.717, 1.165) is 16.2 Å². The van der Waals surface area contributed by atoms with Gasteiger partial charge in [0.05, 0.1) is 6.42 Å². The van der Waals surface area contributed by atoms with Crippen molar-refractivity contribution in [3.63, 3.8) is 0 Å². The smallest absolute Gasteiger partial charge is 0.282 e. The number of carbonyl (C=O) groups is 3. The first-order chi connectivity index (χ1) is 7.99. The van der Waals surface area contributed by atoms with Crippen LogP contribution in [-0.2, 0) is 9.59 Å². The van der Waals surface area contributed by atoms with Crippen molar-refractivity contribution in [3.8, 4) is 0 Å². The average molecular weight is 275 g/mol. The molecule has 1 unspecified atom stereocenters. The van der Waals surface area contributed by atoms with Crippen molar-refractivity contribution in [3.05, 3.63) is 9.47 Å². The van der Waals surface area contributed by atoms with Crippen molar-refractivity contribution in [2.24, 2.45) is 0 Å². The van der Waals surface area contributed by atoms with E-state index in [2.05, 4.69) is 15.5 Å². The van der Waals surface area contributed by atoms with Crippen LogP contribution in [0.2, 0.25) is 4.47 Å². The molecule has 2 heterocycles. The van der Waals surface area contributed by atoms with Crippen LogP contribution >= 0.6 is 22.9 Å². The number of likely N-dealkylation sites (N-methyl/N-ethyl adjacent to an activating group) is 1. The molecule has 1 saturated heterocycles. The zero-order valence-electron chi connectivity index (χ0n) is 8.64. The highest BCUT2D eigenvalue weighted by Crippen LogP contribution is 2.16. The minimum Gasteiger partial charge on any atom is -0.338 e. The Morgan fingerprint density at radius 1 is 1.53 bits per heavy atom. The molecule has 17 heavy (non-hydrogen) atoms. The molecule has 1 aliphatic rings. The number of hydrogen-bond donors (Lipinski definition) is 1. The first-order valence-electron chi connectivity index (χ1n) is 4.59. The number of nitrogens with one attached hydrogen (secondary N) is 1. The Kier molecular flexibility index (Phi) is 3.07. The third-order valence-electron chi connectivity index (χ3n) is 2.28. The van der Waals surface area contributed by atoms with E-state index in [4.69, 9.17) is 11.6 Å². The molecule has 1 aliphatic heterocycles. The summed E-state index contributed by atoms with van der Waals surface area (Å²) in [4.78, 5) is 35.4. The Bertz CT molecular complexity index is 503. The molecule has 7 nitrogen and oxygen atoms in total. The summed E-state index contributed by atoms with van der Waals surface area (Å²) in [6.07, 6.45) is -0.0341. The third kappa shape index (κ3) is 2.27. The van der Waals surface area contributed by atoms with Crippen LogP contribution in [0.3, 0.4) is 0 Å². The van der Waals surface area contributed by atoms with Gasteiger partial charge in [-0.1, -0.05) is 11.3 Å². The van der Waals surface area contributed by atoms with E-state index in [1.807, 2.05) is 0 Å². The van der Waals surface area contributed by atoms with E-state index in [0.29, 0.717) is 0 Å². The van der Waals surface area contributed by atoms with Crippen molar-refractivity contribution in [1.82, 2.24) is 20.4 Å². The second-order valence-corrected chi connectivity index (χ2v) is 4.94. The van der Waals surface area contributed by atoms with Gasteiger partial charge < -0.3 is 5.32 Å². The van der Waals surface area contributed by atoms with Gasteiger partial charge in [0.2, 0.25) is 15.4 Å². The van der Waals surface area contributed by atoms with Crippen molar-refractivity contribution in [1.29, 1.82) is 0 Å². The van der Waals surface area contributed by atoms with Crippen LogP contribution in [0.25, 0.3) is 0 Å². The van der Waals surface area contributed by atoms with Gasteiger partial charge in [-0.25, -0.2) is 0 Å². The standard InChI is InChI=1S/C8H7ClN4O3S/c1-13-4(14)2-3(7(13)16)10-5(15)6-11-12-8(9)17-6/h3H,2H2,1H3,(H,10,15). The first-order valence-corrected chi connectivity index (χ1v) is 5.78. The molecule has 0 radical (unpaired) electrons. The predicted molar refractivity (Wildman–Crippen MR) is 58.6 cm³/mol. The van der Waals surface area contributed by atoms with E-state index in [1.54, 1.807) is 0 Å². The second kappa shape index (κ2) is 4.38. The zero-order valence-corrected chi connectivity index (χ0v) is 10.2.